The van der Waals surface area contributed by atoms with E-state index in [1.807, 2.05) is 0 Å². The Labute approximate surface area is 104 Å². The molecule has 0 aliphatic heterocycles. The largest absolute Gasteiger partial charge is 0.489 e. The van der Waals surface area contributed by atoms with Crippen LogP contribution in [0.1, 0.15) is 11.1 Å². The summed E-state index contributed by atoms with van der Waals surface area (Å²) >= 11 is 0. The van der Waals surface area contributed by atoms with Crippen LogP contribution >= 0.6 is 0 Å². The van der Waals surface area contributed by atoms with E-state index in [0.29, 0.717) is 11.3 Å². The number of hydrogen-bond acceptors (Lipinski definition) is 2. The third-order valence-corrected chi connectivity index (χ3v) is 2.53. The SMILES string of the molecule is NCc1cc(COc2cccc(F)c2)ccc1F. The van der Waals surface area contributed by atoms with Crippen molar-refractivity contribution in [1.29, 1.82) is 0 Å². The summed E-state index contributed by atoms with van der Waals surface area (Å²) < 4.78 is 31.5. The second-order valence-electron chi connectivity index (χ2n) is 3.88. The van der Waals surface area contributed by atoms with Gasteiger partial charge >= 0.3 is 0 Å². The van der Waals surface area contributed by atoms with Gasteiger partial charge in [0.25, 0.3) is 0 Å². The highest BCUT2D eigenvalue weighted by molar-refractivity contribution is 5.26. The van der Waals surface area contributed by atoms with Crippen molar-refractivity contribution in [3.63, 3.8) is 0 Å². The predicted molar refractivity (Wildman–Crippen MR) is 65.0 cm³/mol. The molecule has 18 heavy (non-hydrogen) atoms. The van der Waals surface area contributed by atoms with Crippen LogP contribution in [0.4, 0.5) is 8.78 Å². The Hall–Kier alpha value is -1.94. The van der Waals surface area contributed by atoms with Crippen molar-refractivity contribution in [2.24, 2.45) is 5.73 Å². The smallest absolute Gasteiger partial charge is 0.127 e. The first-order valence-electron chi connectivity index (χ1n) is 5.55. The van der Waals surface area contributed by atoms with Crippen LogP contribution in [0.25, 0.3) is 0 Å². The van der Waals surface area contributed by atoms with E-state index in [9.17, 15) is 8.78 Å². The molecule has 0 heterocycles. The molecule has 0 spiro atoms. The summed E-state index contributed by atoms with van der Waals surface area (Å²) in [5.74, 6) is -0.241. The molecule has 0 atom stereocenters. The minimum atomic E-state index is -0.353. The van der Waals surface area contributed by atoms with Crippen molar-refractivity contribution in [3.05, 3.63) is 65.2 Å². The van der Waals surface area contributed by atoms with Gasteiger partial charge in [-0.2, -0.15) is 0 Å². The lowest BCUT2D eigenvalue weighted by molar-refractivity contribution is 0.304. The van der Waals surface area contributed by atoms with Gasteiger partial charge in [-0.3, -0.25) is 0 Å². The summed E-state index contributed by atoms with van der Waals surface area (Å²) in [4.78, 5) is 0. The Balaban J connectivity index is 2.06. The zero-order valence-electron chi connectivity index (χ0n) is 9.70. The highest BCUT2D eigenvalue weighted by atomic mass is 19.1. The molecule has 2 rings (SSSR count). The number of ether oxygens (including phenoxy) is 1. The fourth-order valence-electron chi connectivity index (χ4n) is 1.60. The third-order valence-electron chi connectivity index (χ3n) is 2.53. The van der Waals surface area contributed by atoms with Crippen LogP contribution in [-0.4, -0.2) is 0 Å². The molecule has 0 aliphatic carbocycles. The first-order chi connectivity index (χ1) is 8.69. The monoisotopic (exact) mass is 249 g/mol. The van der Waals surface area contributed by atoms with Gasteiger partial charge in [0.2, 0.25) is 0 Å². The van der Waals surface area contributed by atoms with Gasteiger partial charge in [0.15, 0.2) is 0 Å². The van der Waals surface area contributed by atoms with Gasteiger partial charge in [-0.05, 0) is 29.8 Å². The van der Waals surface area contributed by atoms with Crippen LogP contribution in [0.3, 0.4) is 0 Å². The summed E-state index contributed by atoms with van der Waals surface area (Å²) in [5, 5.41) is 0. The zero-order chi connectivity index (χ0) is 13.0. The summed E-state index contributed by atoms with van der Waals surface area (Å²) in [6.07, 6.45) is 0. The molecule has 0 saturated carbocycles. The second-order valence-corrected chi connectivity index (χ2v) is 3.88. The molecule has 0 bridgehead atoms. The summed E-state index contributed by atoms with van der Waals surface area (Å²) in [6, 6.07) is 10.5. The number of halogens is 2. The van der Waals surface area contributed by atoms with Crippen molar-refractivity contribution >= 4 is 0 Å². The van der Waals surface area contributed by atoms with Gasteiger partial charge in [-0.1, -0.05) is 12.1 Å². The van der Waals surface area contributed by atoms with Crippen LogP contribution in [0.2, 0.25) is 0 Å². The Morgan fingerprint density at radius 2 is 1.89 bits per heavy atom. The minimum Gasteiger partial charge on any atom is -0.489 e. The average molecular weight is 249 g/mol. The fourth-order valence-corrected chi connectivity index (χ4v) is 1.60. The van der Waals surface area contributed by atoms with Crippen LogP contribution in [0.15, 0.2) is 42.5 Å². The molecule has 0 radical (unpaired) electrons. The topological polar surface area (TPSA) is 35.2 Å². The molecule has 4 heteroatoms. The summed E-state index contributed by atoms with van der Waals surface area (Å²) in [6.45, 7) is 0.385. The molecule has 2 N–H and O–H groups in total. The van der Waals surface area contributed by atoms with Crippen LogP contribution in [0, 0.1) is 11.6 Å². The molecule has 94 valence electrons. The highest BCUT2D eigenvalue weighted by Gasteiger charge is 2.03. The Kier molecular flexibility index (Phi) is 3.89. The molecule has 0 fully saturated rings. The first kappa shape index (κ1) is 12.5. The van der Waals surface area contributed by atoms with E-state index in [2.05, 4.69) is 0 Å². The van der Waals surface area contributed by atoms with E-state index >= 15 is 0 Å². The van der Waals surface area contributed by atoms with E-state index in [-0.39, 0.29) is 24.8 Å². The Morgan fingerprint density at radius 3 is 2.61 bits per heavy atom. The molecular formula is C14H13F2NO. The van der Waals surface area contributed by atoms with Crippen molar-refractivity contribution in [2.75, 3.05) is 0 Å². The normalized spacial score (nSPS) is 10.4. The molecule has 0 aliphatic rings. The molecule has 0 saturated heterocycles. The predicted octanol–water partition coefficient (Wildman–Crippen LogP) is 3.00. The van der Waals surface area contributed by atoms with Crippen LogP contribution < -0.4 is 10.5 Å². The quantitative estimate of drug-likeness (QED) is 0.904. The highest BCUT2D eigenvalue weighted by Crippen LogP contribution is 2.15. The van der Waals surface area contributed by atoms with E-state index in [1.54, 1.807) is 24.3 Å². The van der Waals surface area contributed by atoms with Gasteiger partial charge in [-0.15, -0.1) is 0 Å². The van der Waals surface area contributed by atoms with Crippen molar-refractivity contribution in [3.8, 4) is 5.75 Å². The standard InChI is InChI=1S/C14H13F2NO/c15-12-2-1-3-13(7-12)18-9-10-4-5-14(16)11(6-10)8-17/h1-7H,8-9,17H2. The molecule has 0 unspecified atom stereocenters. The molecule has 0 amide bonds. The lowest BCUT2D eigenvalue weighted by Crippen LogP contribution is -2.02. The van der Waals surface area contributed by atoms with Gasteiger partial charge in [0.05, 0.1) is 0 Å². The Bertz CT molecular complexity index is 543. The summed E-state index contributed by atoms with van der Waals surface area (Å²) in [7, 11) is 0. The van der Waals surface area contributed by atoms with Gasteiger partial charge < -0.3 is 10.5 Å². The first-order valence-corrected chi connectivity index (χ1v) is 5.55. The minimum absolute atomic E-state index is 0.139. The maximum Gasteiger partial charge on any atom is 0.127 e. The molecule has 2 aromatic rings. The van der Waals surface area contributed by atoms with E-state index in [4.69, 9.17) is 10.5 Å². The van der Waals surface area contributed by atoms with Crippen molar-refractivity contribution in [2.45, 2.75) is 13.2 Å². The molecular weight excluding hydrogens is 236 g/mol. The fraction of sp³-hybridized carbons (Fsp3) is 0.143. The molecule has 2 aromatic carbocycles. The number of nitrogens with two attached hydrogens (primary N) is 1. The Morgan fingerprint density at radius 1 is 1.06 bits per heavy atom. The van der Waals surface area contributed by atoms with E-state index in [0.717, 1.165) is 5.56 Å². The lowest BCUT2D eigenvalue weighted by Gasteiger charge is -2.08. The van der Waals surface area contributed by atoms with Gasteiger partial charge in [0.1, 0.15) is 24.0 Å². The van der Waals surface area contributed by atoms with E-state index < -0.39 is 0 Å². The lowest BCUT2D eigenvalue weighted by atomic mass is 10.1. The summed E-state index contributed by atoms with van der Waals surface area (Å²) in [5.41, 5.74) is 6.65. The third kappa shape index (κ3) is 3.05. The van der Waals surface area contributed by atoms with E-state index in [1.165, 1.54) is 18.2 Å². The maximum absolute atomic E-state index is 13.2. The molecule has 2 nitrogen and oxygen atoms in total. The van der Waals surface area contributed by atoms with Crippen LogP contribution in [-0.2, 0) is 13.2 Å². The maximum atomic E-state index is 13.2. The number of rotatable bonds is 4. The number of hydrogen-bond donors (Lipinski definition) is 1. The van der Waals surface area contributed by atoms with Gasteiger partial charge in [0, 0.05) is 18.2 Å². The second kappa shape index (κ2) is 5.60. The van der Waals surface area contributed by atoms with Gasteiger partial charge in [-0.25, -0.2) is 8.78 Å². The van der Waals surface area contributed by atoms with Crippen molar-refractivity contribution in [1.82, 2.24) is 0 Å². The van der Waals surface area contributed by atoms with Crippen molar-refractivity contribution < 1.29 is 13.5 Å². The molecule has 0 aromatic heterocycles. The number of benzene rings is 2. The average Bonchev–Trinajstić information content (AvgIpc) is 2.38. The zero-order valence-corrected chi connectivity index (χ0v) is 9.70. The van der Waals surface area contributed by atoms with Crippen LogP contribution in [0.5, 0.6) is 5.75 Å².